The van der Waals surface area contributed by atoms with Crippen LogP contribution in [-0.2, 0) is 0 Å². The van der Waals surface area contributed by atoms with Crippen molar-refractivity contribution in [3.8, 4) is 0 Å². The largest absolute Gasteiger partial charge is 0.274 e. The Morgan fingerprint density at radius 2 is 2.27 bits per heavy atom. The van der Waals surface area contributed by atoms with Gasteiger partial charge in [-0.1, -0.05) is 0 Å². The van der Waals surface area contributed by atoms with Crippen LogP contribution < -0.4 is 0 Å². The average Bonchev–Trinajstić information content (AvgIpc) is 1.94. The maximum absolute atomic E-state index is 12.5. The number of carbonyl (C=O) groups is 1. The SMILES string of the molecule is O=C(Cl)c1ccc(F)c(Br)n1. The summed E-state index contributed by atoms with van der Waals surface area (Å²) < 4.78 is 12.5. The van der Waals surface area contributed by atoms with E-state index in [0.717, 1.165) is 6.07 Å². The van der Waals surface area contributed by atoms with Crippen molar-refractivity contribution in [1.82, 2.24) is 4.98 Å². The van der Waals surface area contributed by atoms with Crippen LogP contribution in [0, 0.1) is 5.82 Å². The van der Waals surface area contributed by atoms with Gasteiger partial charge in [0.25, 0.3) is 5.24 Å². The minimum absolute atomic E-state index is 0.0102. The van der Waals surface area contributed by atoms with Gasteiger partial charge in [-0.3, -0.25) is 4.79 Å². The first-order chi connectivity index (χ1) is 5.11. The van der Waals surface area contributed by atoms with Gasteiger partial charge in [0.2, 0.25) is 0 Å². The van der Waals surface area contributed by atoms with E-state index in [1.807, 2.05) is 0 Å². The second-order valence-electron chi connectivity index (χ2n) is 1.74. The molecule has 0 unspecified atom stereocenters. The molecule has 0 saturated heterocycles. The van der Waals surface area contributed by atoms with E-state index in [2.05, 4.69) is 20.9 Å². The normalized spacial score (nSPS) is 9.73. The van der Waals surface area contributed by atoms with Gasteiger partial charge >= 0.3 is 0 Å². The molecule has 1 aromatic rings. The standard InChI is InChI=1S/C6H2BrClFNO/c7-5-3(9)1-2-4(10-5)6(8)11/h1-2H. The van der Waals surface area contributed by atoms with Crippen LogP contribution in [0.25, 0.3) is 0 Å². The Labute approximate surface area is 75.5 Å². The summed E-state index contributed by atoms with van der Waals surface area (Å²) in [7, 11) is 0. The molecule has 0 amide bonds. The number of pyridine rings is 1. The van der Waals surface area contributed by atoms with E-state index >= 15 is 0 Å². The molecule has 0 atom stereocenters. The van der Waals surface area contributed by atoms with Crippen LogP contribution in [0.2, 0.25) is 0 Å². The number of hydrogen-bond acceptors (Lipinski definition) is 2. The Balaban J connectivity index is 3.15. The number of hydrogen-bond donors (Lipinski definition) is 0. The maximum atomic E-state index is 12.5. The van der Waals surface area contributed by atoms with E-state index in [9.17, 15) is 9.18 Å². The third-order valence-corrected chi connectivity index (χ3v) is 1.75. The van der Waals surface area contributed by atoms with Crippen LogP contribution in [0.3, 0.4) is 0 Å². The van der Waals surface area contributed by atoms with Crippen LogP contribution in [0.4, 0.5) is 4.39 Å². The molecule has 0 radical (unpaired) electrons. The quantitative estimate of drug-likeness (QED) is 0.555. The van der Waals surface area contributed by atoms with E-state index in [1.165, 1.54) is 6.07 Å². The minimum atomic E-state index is -0.703. The van der Waals surface area contributed by atoms with Crippen LogP contribution >= 0.6 is 27.5 Å². The molecule has 1 rings (SSSR count). The fraction of sp³-hybridized carbons (Fsp3) is 0. The van der Waals surface area contributed by atoms with Crippen molar-refractivity contribution >= 4 is 32.8 Å². The Morgan fingerprint density at radius 3 is 2.73 bits per heavy atom. The van der Waals surface area contributed by atoms with Crippen LogP contribution in [0.1, 0.15) is 10.5 Å². The van der Waals surface area contributed by atoms with Crippen molar-refractivity contribution in [1.29, 1.82) is 0 Å². The summed E-state index contributed by atoms with van der Waals surface area (Å²) in [6.45, 7) is 0. The van der Waals surface area contributed by atoms with Gasteiger partial charge in [-0.2, -0.15) is 0 Å². The fourth-order valence-corrected chi connectivity index (χ4v) is 0.955. The predicted molar refractivity (Wildman–Crippen MR) is 42.1 cm³/mol. The lowest BCUT2D eigenvalue weighted by molar-refractivity contribution is 0.107. The lowest BCUT2D eigenvalue weighted by Crippen LogP contribution is -1.95. The zero-order valence-electron chi connectivity index (χ0n) is 5.14. The summed E-state index contributed by atoms with van der Waals surface area (Å²) in [6, 6.07) is 2.34. The molecule has 58 valence electrons. The highest BCUT2D eigenvalue weighted by molar-refractivity contribution is 9.10. The molecule has 2 nitrogen and oxygen atoms in total. The number of carbonyl (C=O) groups excluding carboxylic acids is 1. The number of halogens is 3. The first-order valence-electron chi connectivity index (χ1n) is 2.63. The minimum Gasteiger partial charge on any atom is -0.274 e. The molecule has 0 aliphatic carbocycles. The van der Waals surface area contributed by atoms with E-state index in [0.29, 0.717) is 0 Å². The van der Waals surface area contributed by atoms with Crippen LogP contribution in [0.5, 0.6) is 0 Å². The zero-order chi connectivity index (χ0) is 8.43. The van der Waals surface area contributed by atoms with Crippen molar-refractivity contribution in [3.05, 3.63) is 28.2 Å². The highest BCUT2D eigenvalue weighted by atomic mass is 79.9. The summed E-state index contributed by atoms with van der Waals surface area (Å²) in [5.74, 6) is -0.522. The number of nitrogens with zero attached hydrogens (tertiary/aromatic N) is 1. The van der Waals surface area contributed by atoms with Gasteiger partial charge in [-0.25, -0.2) is 9.37 Å². The van der Waals surface area contributed by atoms with Gasteiger partial charge in [0, 0.05) is 0 Å². The first-order valence-corrected chi connectivity index (χ1v) is 3.80. The highest BCUT2D eigenvalue weighted by Crippen LogP contribution is 2.13. The van der Waals surface area contributed by atoms with Gasteiger partial charge in [0.15, 0.2) is 5.82 Å². The molecule has 0 aliphatic rings. The molecule has 0 saturated carbocycles. The summed E-state index contributed by atoms with van der Waals surface area (Å²) in [5.41, 5.74) is 0.0277. The fourth-order valence-electron chi connectivity index (χ4n) is 0.527. The van der Waals surface area contributed by atoms with Gasteiger partial charge < -0.3 is 0 Å². The van der Waals surface area contributed by atoms with Gasteiger partial charge in [0.05, 0.1) is 0 Å². The molecule has 0 bridgehead atoms. The first kappa shape index (κ1) is 8.62. The molecule has 0 aromatic carbocycles. The van der Waals surface area contributed by atoms with Crippen molar-refractivity contribution in [2.75, 3.05) is 0 Å². The average molecular weight is 238 g/mol. The Morgan fingerprint density at radius 1 is 1.64 bits per heavy atom. The molecular formula is C6H2BrClFNO. The Hall–Kier alpha value is -0.480. The van der Waals surface area contributed by atoms with Gasteiger partial charge in [-0.15, -0.1) is 0 Å². The van der Waals surface area contributed by atoms with E-state index < -0.39 is 11.1 Å². The van der Waals surface area contributed by atoms with Gasteiger partial charge in [0.1, 0.15) is 10.3 Å². The molecule has 0 N–H and O–H groups in total. The van der Waals surface area contributed by atoms with Crippen LogP contribution in [-0.4, -0.2) is 10.2 Å². The van der Waals surface area contributed by atoms with E-state index in [1.54, 1.807) is 0 Å². The van der Waals surface area contributed by atoms with Crippen molar-refractivity contribution in [3.63, 3.8) is 0 Å². The van der Waals surface area contributed by atoms with Crippen molar-refractivity contribution in [2.45, 2.75) is 0 Å². The lowest BCUT2D eigenvalue weighted by atomic mass is 10.4. The second-order valence-corrected chi connectivity index (χ2v) is 2.84. The third-order valence-electron chi connectivity index (χ3n) is 1.00. The smallest absolute Gasteiger partial charge is 0.270 e. The molecule has 1 heterocycles. The summed E-state index contributed by atoms with van der Waals surface area (Å²) in [6.07, 6.45) is 0. The molecule has 0 aliphatic heterocycles. The number of aromatic nitrogens is 1. The summed E-state index contributed by atoms with van der Waals surface area (Å²) in [4.78, 5) is 14.0. The Bertz CT molecular complexity index is 305. The number of rotatable bonds is 1. The summed E-state index contributed by atoms with van der Waals surface area (Å²) >= 11 is 7.90. The van der Waals surface area contributed by atoms with Crippen molar-refractivity contribution < 1.29 is 9.18 Å². The third kappa shape index (κ3) is 1.97. The van der Waals surface area contributed by atoms with E-state index in [-0.39, 0.29) is 10.3 Å². The van der Waals surface area contributed by atoms with E-state index in [4.69, 9.17) is 11.6 Å². The highest BCUT2D eigenvalue weighted by Gasteiger charge is 2.06. The second kappa shape index (κ2) is 3.28. The molecule has 0 spiro atoms. The zero-order valence-corrected chi connectivity index (χ0v) is 7.49. The summed E-state index contributed by atoms with van der Waals surface area (Å²) in [5, 5.41) is -0.703. The van der Waals surface area contributed by atoms with Crippen LogP contribution in [0.15, 0.2) is 16.7 Å². The maximum Gasteiger partial charge on any atom is 0.270 e. The molecule has 11 heavy (non-hydrogen) atoms. The lowest BCUT2D eigenvalue weighted by Gasteiger charge is -1.94. The van der Waals surface area contributed by atoms with Gasteiger partial charge in [-0.05, 0) is 39.7 Å². The predicted octanol–water partition coefficient (Wildman–Crippen LogP) is 2.36. The molecular weight excluding hydrogens is 236 g/mol. The Kier molecular flexibility index (Phi) is 2.57. The monoisotopic (exact) mass is 237 g/mol. The van der Waals surface area contributed by atoms with Crippen molar-refractivity contribution in [2.24, 2.45) is 0 Å². The molecule has 1 aromatic heterocycles. The molecule has 5 heteroatoms. The molecule has 0 fully saturated rings. The topological polar surface area (TPSA) is 30.0 Å².